The predicted octanol–water partition coefficient (Wildman–Crippen LogP) is 7.61. The number of hydrogen-bond acceptors (Lipinski definition) is 4. The summed E-state index contributed by atoms with van der Waals surface area (Å²) < 4.78 is 0.909. The van der Waals surface area contributed by atoms with Crippen molar-refractivity contribution in [1.29, 1.82) is 0 Å². The van der Waals surface area contributed by atoms with Crippen molar-refractivity contribution in [3.63, 3.8) is 0 Å². The molecule has 0 atom stereocenters. The third-order valence-electron chi connectivity index (χ3n) is 4.80. The van der Waals surface area contributed by atoms with Crippen molar-refractivity contribution in [3.05, 3.63) is 88.4 Å². The Morgan fingerprint density at radius 2 is 1.87 bits per heavy atom. The Labute approximate surface area is 196 Å². The van der Waals surface area contributed by atoms with Gasteiger partial charge in [-0.05, 0) is 42.3 Å². The van der Waals surface area contributed by atoms with Crippen molar-refractivity contribution in [3.8, 4) is 0 Å². The molecular weight excluding hydrogens is 444 g/mol. The van der Waals surface area contributed by atoms with E-state index in [9.17, 15) is 4.79 Å². The van der Waals surface area contributed by atoms with Crippen molar-refractivity contribution >= 4 is 56.0 Å². The Balaban J connectivity index is 1.77. The maximum Gasteiger partial charge on any atom is 0.260 e. The normalized spacial score (nSPS) is 11.3. The molecule has 4 rings (SSSR count). The second-order valence-corrected chi connectivity index (χ2v) is 10.6. The molecule has 3 aromatic carbocycles. The fourth-order valence-corrected chi connectivity index (χ4v) is 5.54. The van der Waals surface area contributed by atoms with Gasteiger partial charge in [0.15, 0.2) is 5.13 Å². The van der Waals surface area contributed by atoms with Crippen LogP contribution in [0.15, 0.2) is 71.6 Å². The first-order valence-electron chi connectivity index (χ1n) is 10.1. The van der Waals surface area contributed by atoms with Crippen LogP contribution >= 0.6 is 34.7 Å². The van der Waals surface area contributed by atoms with Crippen LogP contribution in [0.5, 0.6) is 0 Å². The van der Waals surface area contributed by atoms with E-state index in [4.69, 9.17) is 16.6 Å². The molecule has 0 bridgehead atoms. The average molecular weight is 467 g/mol. The molecule has 0 aliphatic rings. The van der Waals surface area contributed by atoms with Gasteiger partial charge in [0.05, 0.1) is 21.8 Å². The number of rotatable bonds is 6. The molecule has 0 unspecified atom stereocenters. The average Bonchev–Trinajstić information content (AvgIpc) is 3.21. The summed E-state index contributed by atoms with van der Waals surface area (Å²) in [7, 11) is 0. The van der Waals surface area contributed by atoms with Crippen LogP contribution in [0.2, 0.25) is 5.02 Å². The molecule has 0 fully saturated rings. The number of carbonyl (C=O) groups excluding carboxylic acids is 1. The zero-order valence-corrected chi connectivity index (χ0v) is 20.0. The number of fused-ring (bicyclic) bond motifs is 1. The molecule has 0 saturated carbocycles. The molecule has 0 aliphatic carbocycles. The Kier molecular flexibility index (Phi) is 6.65. The van der Waals surface area contributed by atoms with Crippen molar-refractivity contribution in [2.75, 3.05) is 4.90 Å². The lowest BCUT2D eigenvalue weighted by Crippen LogP contribution is -2.30. The van der Waals surface area contributed by atoms with Crippen LogP contribution < -0.4 is 4.90 Å². The molecule has 4 aromatic rings. The molecule has 0 aliphatic heterocycles. The van der Waals surface area contributed by atoms with Gasteiger partial charge in [-0.1, -0.05) is 79.2 Å². The summed E-state index contributed by atoms with van der Waals surface area (Å²) in [5, 5.41) is 1.76. The number of benzene rings is 3. The first-order chi connectivity index (χ1) is 14.9. The number of halogens is 1. The summed E-state index contributed by atoms with van der Waals surface area (Å²) in [5.41, 5.74) is 3.60. The lowest BCUT2D eigenvalue weighted by Gasteiger charge is -2.20. The van der Waals surface area contributed by atoms with Crippen LogP contribution in [0, 0.1) is 6.92 Å². The number of carbonyl (C=O) groups is 1. The Hall–Kier alpha value is -2.34. The van der Waals surface area contributed by atoms with Crippen LogP contribution in [0.25, 0.3) is 10.2 Å². The number of hydrogen-bond donors (Lipinski definition) is 0. The van der Waals surface area contributed by atoms with Crippen molar-refractivity contribution in [2.45, 2.75) is 37.5 Å². The highest BCUT2D eigenvalue weighted by Crippen LogP contribution is 2.37. The minimum absolute atomic E-state index is 0.0668. The number of amides is 1. The van der Waals surface area contributed by atoms with Gasteiger partial charge in [0.1, 0.15) is 0 Å². The van der Waals surface area contributed by atoms with Crippen LogP contribution in [-0.4, -0.2) is 16.1 Å². The highest BCUT2D eigenvalue weighted by Gasteiger charge is 2.23. The van der Waals surface area contributed by atoms with Gasteiger partial charge in [0.2, 0.25) is 0 Å². The largest absolute Gasteiger partial charge is 0.279 e. The van der Waals surface area contributed by atoms with Gasteiger partial charge in [-0.3, -0.25) is 9.69 Å². The summed E-state index contributed by atoms with van der Waals surface area (Å²) >= 11 is 9.65. The first-order valence-corrected chi connectivity index (χ1v) is 12.2. The van der Waals surface area contributed by atoms with Crippen LogP contribution in [0.1, 0.15) is 35.3 Å². The zero-order valence-electron chi connectivity index (χ0n) is 17.6. The Morgan fingerprint density at radius 3 is 2.58 bits per heavy atom. The lowest BCUT2D eigenvalue weighted by molar-refractivity contribution is 0.0985. The third kappa shape index (κ3) is 4.95. The first kappa shape index (κ1) is 21.9. The smallest absolute Gasteiger partial charge is 0.260 e. The summed E-state index contributed by atoms with van der Waals surface area (Å²) in [6, 6.07) is 21.7. The molecule has 0 saturated heterocycles. The fraction of sp³-hybridized carbons (Fsp3) is 0.200. The quantitative estimate of drug-likeness (QED) is 0.274. The minimum Gasteiger partial charge on any atom is -0.279 e. The van der Waals surface area contributed by atoms with Gasteiger partial charge in [-0.25, -0.2) is 4.98 Å². The maximum absolute atomic E-state index is 13.7. The highest BCUT2D eigenvalue weighted by atomic mass is 35.5. The van der Waals surface area contributed by atoms with E-state index >= 15 is 0 Å². The summed E-state index contributed by atoms with van der Waals surface area (Å²) in [6.45, 7) is 6.75. The van der Waals surface area contributed by atoms with Crippen molar-refractivity contribution in [2.24, 2.45) is 0 Å². The predicted molar refractivity (Wildman–Crippen MR) is 134 cm³/mol. The van der Waals surface area contributed by atoms with Gasteiger partial charge < -0.3 is 0 Å². The Bertz CT molecular complexity index is 1180. The fourth-order valence-electron chi connectivity index (χ4n) is 3.33. The van der Waals surface area contributed by atoms with Crippen LogP contribution in [-0.2, 0) is 6.54 Å². The van der Waals surface area contributed by atoms with E-state index in [1.807, 2.05) is 73.7 Å². The van der Waals surface area contributed by atoms with Crippen molar-refractivity contribution in [1.82, 2.24) is 4.98 Å². The molecule has 0 spiro atoms. The van der Waals surface area contributed by atoms with Gasteiger partial charge in [-0.15, -0.1) is 11.8 Å². The van der Waals surface area contributed by atoms with E-state index in [0.717, 1.165) is 26.2 Å². The van der Waals surface area contributed by atoms with Crippen molar-refractivity contribution < 1.29 is 4.79 Å². The van der Waals surface area contributed by atoms with Crippen LogP contribution in [0.4, 0.5) is 5.13 Å². The van der Waals surface area contributed by atoms with E-state index in [1.54, 1.807) is 16.7 Å². The molecule has 0 N–H and O–H groups in total. The van der Waals surface area contributed by atoms with Gasteiger partial charge in [0.25, 0.3) is 5.91 Å². The molecule has 31 heavy (non-hydrogen) atoms. The highest BCUT2D eigenvalue weighted by molar-refractivity contribution is 7.99. The zero-order chi connectivity index (χ0) is 22.0. The third-order valence-corrected chi connectivity index (χ3v) is 7.33. The monoisotopic (exact) mass is 466 g/mol. The van der Waals surface area contributed by atoms with E-state index in [-0.39, 0.29) is 5.91 Å². The summed E-state index contributed by atoms with van der Waals surface area (Å²) in [4.78, 5) is 21.4. The number of aryl methyl sites for hydroxylation is 1. The molecule has 3 nitrogen and oxygen atoms in total. The van der Waals surface area contributed by atoms with Gasteiger partial charge in [-0.2, -0.15) is 0 Å². The molecular formula is C25H23ClN2OS2. The minimum atomic E-state index is -0.0668. The molecule has 1 amide bonds. The molecule has 1 aromatic heterocycles. The molecule has 158 valence electrons. The second kappa shape index (κ2) is 9.43. The summed E-state index contributed by atoms with van der Waals surface area (Å²) in [5.74, 6) is -0.0668. The standard InChI is InChI=1S/C25H23ClN2OS2/c1-16(2)30-20-11-7-10-19(14-20)24(29)28(15-18-8-5-4-6-9-18)25-27-22-17(3)12-13-21(26)23(22)31-25/h4-14,16H,15H2,1-3H3. The number of thioether (sulfide) groups is 1. The molecule has 0 radical (unpaired) electrons. The van der Waals surface area contributed by atoms with Gasteiger partial charge >= 0.3 is 0 Å². The van der Waals surface area contributed by atoms with E-state index < -0.39 is 0 Å². The maximum atomic E-state index is 13.7. The van der Waals surface area contributed by atoms with E-state index in [2.05, 4.69) is 13.8 Å². The van der Waals surface area contributed by atoms with Crippen LogP contribution in [0.3, 0.4) is 0 Å². The van der Waals surface area contributed by atoms with E-state index in [1.165, 1.54) is 11.3 Å². The second-order valence-electron chi connectivity index (χ2n) is 7.61. The van der Waals surface area contributed by atoms with Gasteiger partial charge in [0, 0.05) is 15.7 Å². The number of thiazole rings is 1. The molecule has 6 heteroatoms. The Morgan fingerprint density at radius 1 is 1.10 bits per heavy atom. The lowest BCUT2D eigenvalue weighted by atomic mass is 10.1. The number of nitrogens with zero attached hydrogens (tertiary/aromatic N) is 2. The van der Waals surface area contributed by atoms with E-state index in [0.29, 0.717) is 27.5 Å². The molecule has 1 heterocycles. The number of anilines is 1. The topological polar surface area (TPSA) is 33.2 Å². The number of aromatic nitrogens is 1. The SMILES string of the molecule is Cc1ccc(Cl)c2sc(N(Cc3ccccc3)C(=O)c3cccc(SC(C)C)c3)nc12. The summed E-state index contributed by atoms with van der Waals surface area (Å²) in [6.07, 6.45) is 0.